The average Bonchev–Trinajstić information content (AvgIpc) is 2.58. The van der Waals surface area contributed by atoms with Crippen LogP contribution in [-0.4, -0.2) is 0 Å². The van der Waals surface area contributed by atoms with Crippen molar-refractivity contribution in [2.75, 3.05) is 0 Å². The molecule has 2 nitrogen and oxygen atoms in total. The van der Waals surface area contributed by atoms with Gasteiger partial charge < -0.3 is 0 Å². The first-order chi connectivity index (χ1) is 7.29. The van der Waals surface area contributed by atoms with Gasteiger partial charge in [-0.2, -0.15) is 10.5 Å². The van der Waals surface area contributed by atoms with E-state index in [0.717, 1.165) is 25.7 Å². The SMILES string of the molecule is N#CC[C@@]12CC=CC[C@]1(CC#N)CCC2. The summed E-state index contributed by atoms with van der Waals surface area (Å²) in [6.45, 7) is 0. The van der Waals surface area contributed by atoms with Crippen LogP contribution in [0.2, 0.25) is 0 Å². The quantitative estimate of drug-likeness (QED) is 0.642. The van der Waals surface area contributed by atoms with E-state index in [4.69, 9.17) is 10.5 Å². The molecule has 0 amide bonds. The summed E-state index contributed by atoms with van der Waals surface area (Å²) >= 11 is 0. The van der Waals surface area contributed by atoms with Crippen LogP contribution in [0.3, 0.4) is 0 Å². The van der Waals surface area contributed by atoms with E-state index >= 15 is 0 Å². The summed E-state index contributed by atoms with van der Waals surface area (Å²) in [7, 11) is 0. The lowest BCUT2D eigenvalue weighted by Gasteiger charge is -2.45. The van der Waals surface area contributed by atoms with Crippen LogP contribution in [0.4, 0.5) is 0 Å². The number of allylic oxidation sites excluding steroid dienone is 2. The third-order valence-electron chi connectivity index (χ3n) is 4.45. The predicted octanol–water partition coefficient (Wildman–Crippen LogP) is 3.32. The van der Waals surface area contributed by atoms with Crippen LogP contribution in [0.1, 0.15) is 44.9 Å². The maximum atomic E-state index is 8.99. The van der Waals surface area contributed by atoms with E-state index in [1.807, 2.05) is 0 Å². The van der Waals surface area contributed by atoms with Gasteiger partial charge in [0, 0.05) is 12.8 Å². The van der Waals surface area contributed by atoms with Crippen molar-refractivity contribution in [3.63, 3.8) is 0 Å². The van der Waals surface area contributed by atoms with Gasteiger partial charge in [0.2, 0.25) is 0 Å². The molecule has 1 fully saturated rings. The zero-order valence-corrected chi connectivity index (χ0v) is 9.00. The van der Waals surface area contributed by atoms with Gasteiger partial charge in [0.25, 0.3) is 0 Å². The fourth-order valence-corrected chi connectivity index (χ4v) is 3.55. The van der Waals surface area contributed by atoms with Crippen LogP contribution < -0.4 is 0 Å². The number of nitriles is 2. The van der Waals surface area contributed by atoms with Crippen LogP contribution in [0.15, 0.2) is 12.2 Å². The van der Waals surface area contributed by atoms with Gasteiger partial charge in [0.05, 0.1) is 12.1 Å². The number of nitrogens with zero attached hydrogens (tertiary/aromatic N) is 2. The predicted molar refractivity (Wildman–Crippen MR) is 57.6 cm³/mol. The maximum Gasteiger partial charge on any atom is 0.0627 e. The van der Waals surface area contributed by atoms with Gasteiger partial charge in [-0.1, -0.05) is 18.6 Å². The second-order valence-corrected chi connectivity index (χ2v) is 4.96. The molecule has 2 atom stereocenters. The second kappa shape index (κ2) is 3.70. The molecule has 0 saturated heterocycles. The molecule has 2 aliphatic carbocycles. The molecule has 0 radical (unpaired) electrons. The summed E-state index contributed by atoms with van der Waals surface area (Å²) in [5.41, 5.74) is 0.235. The van der Waals surface area contributed by atoms with Crippen LogP contribution in [0.25, 0.3) is 0 Å². The number of rotatable bonds is 2. The molecule has 0 aromatic rings. The highest BCUT2D eigenvalue weighted by Gasteiger charge is 2.53. The van der Waals surface area contributed by atoms with Gasteiger partial charge >= 0.3 is 0 Å². The van der Waals surface area contributed by atoms with Gasteiger partial charge in [-0.25, -0.2) is 0 Å². The normalized spacial score (nSPS) is 38.0. The smallest absolute Gasteiger partial charge is 0.0627 e. The molecule has 2 aliphatic rings. The summed E-state index contributed by atoms with van der Waals surface area (Å²) in [5, 5.41) is 18.0. The molecule has 0 heterocycles. The Balaban J connectivity index is 2.36. The highest BCUT2D eigenvalue weighted by atomic mass is 14.6. The average molecular weight is 200 g/mol. The Labute approximate surface area is 91.2 Å². The molecule has 0 unspecified atom stereocenters. The van der Waals surface area contributed by atoms with Crippen molar-refractivity contribution in [1.82, 2.24) is 0 Å². The molecular weight excluding hydrogens is 184 g/mol. The Morgan fingerprint density at radius 2 is 1.40 bits per heavy atom. The maximum absolute atomic E-state index is 8.99. The summed E-state index contributed by atoms with van der Waals surface area (Å²) in [6.07, 6.45) is 11.1. The third kappa shape index (κ3) is 1.37. The molecule has 2 rings (SSSR count). The molecule has 0 bridgehead atoms. The lowest BCUT2D eigenvalue weighted by Crippen LogP contribution is -2.38. The highest BCUT2D eigenvalue weighted by Crippen LogP contribution is 2.62. The second-order valence-electron chi connectivity index (χ2n) is 4.96. The minimum atomic E-state index is 0.117. The summed E-state index contributed by atoms with van der Waals surface area (Å²) in [6, 6.07) is 4.68. The van der Waals surface area contributed by atoms with Crippen molar-refractivity contribution in [2.45, 2.75) is 44.9 Å². The molecule has 0 aromatic heterocycles. The number of hydrogen-bond donors (Lipinski definition) is 0. The first-order valence-corrected chi connectivity index (χ1v) is 5.68. The molecule has 2 heteroatoms. The Morgan fingerprint density at radius 3 is 1.80 bits per heavy atom. The fraction of sp³-hybridized carbons (Fsp3) is 0.692. The first-order valence-electron chi connectivity index (χ1n) is 5.68. The van der Waals surface area contributed by atoms with Crippen molar-refractivity contribution in [2.24, 2.45) is 10.8 Å². The molecule has 0 spiro atoms. The summed E-state index contributed by atoms with van der Waals surface area (Å²) < 4.78 is 0. The minimum absolute atomic E-state index is 0.117. The van der Waals surface area contributed by atoms with E-state index in [1.165, 1.54) is 6.42 Å². The Morgan fingerprint density at radius 1 is 0.933 bits per heavy atom. The van der Waals surface area contributed by atoms with Crippen molar-refractivity contribution < 1.29 is 0 Å². The monoisotopic (exact) mass is 200 g/mol. The Hall–Kier alpha value is -1.28. The third-order valence-corrected chi connectivity index (χ3v) is 4.45. The van der Waals surface area contributed by atoms with Gasteiger partial charge in [-0.15, -0.1) is 0 Å². The zero-order chi connectivity index (χ0) is 10.8. The van der Waals surface area contributed by atoms with E-state index < -0.39 is 0 Å². The molecule has 0 aliphatic heterocycles. The lowest BCUT2D eigenvalue weighted by atomic mass is 9.57. The Kier molecular flexibility index (Phi) is 2.53. The largest absolute Gasteiger partial charge is 0.198 e. The van der Waals surface area contributed by atoms with Crippen molar-refractivity contribution in [3.8, 4) is 12.1 Å². The summed E-state index contributed by atoms with van der Waals surface area (Å²) in [5.74, 6) is 0. The van der Waals surface area contributed by atoms with Crippen LogP contribution in [-0.2, 0) is 0 Å². The lowest BCUT2D eigenvalue weighted by molar-refractivity contribution is 0.0742. The van der Waals surface area contributed by atoms with E-state index in [0.29, 0.717) is 12.8 Å². The van der Waals surface area contributed by atoms with E-state index in [-0.39, 0.29) is 10.8 Å². The van der Waals surface area contributed by atoms with Crippen molar-refractivity contribution in [3.05, 3.63) is 12.2 Å². The van der Waals surface area contributed by atoms with Gasteiger partial charge in [-0.3, -0.25) is 0 Å². The van der Waals surface area contributed by atoms with E-state index in [2.05, 4.69) is 24.3 Å². The molecule has 0 N–H and O–H groups in total. The van der Waals surface area contributed by atoms with Crippen molar-refractivity contribution in [1.29, 1.82) is 10.5 Å². The van der Waals surface area contributed by atoms with Crippen LogP contribution >= 0.6 is 0 Å². The molecule has 78 valence electrons. The molecule has 15 heavy (non-hydrogen) atoms. The van der Waals surface area contributed by atoms with Gasteiger partial charge in [0.1, 0.15) is 0 Å². The van der Waals surface area contributed by atoms with Gasteiger partial charge in [-0.05, 0) is 36.5 Å². The standard InChI is InChI=1S/C13H16N2/c14-10-8-12-4-1-2-5-13(12,9-11-15)7-3-6-12/h1-2H,3-9H2/t12-,13+. The topological polar surface area (TPSA) is 47.6 Å². The van der Waals surface area contributed by atoms with Crippen molar-refractivity contribution >= 4 is 0 Å². The van der Waals surface area contributed by atoms with Crippen LogP contribution in [0.5, 0.6) is 0 Å². The number of fused-ring (bicyclic) bond motifs is 1. The first kappa shape index (κ1) is 10.2. The molecule has 0 aromatic carbocycles. The van der Waals surface area contributed by atoms with Crippen LogP contribution in [0, 0.1) is 33.5 Å². The minimum Gasteiger partial charge on any atom is -0.198 e. The zero-order valence-electron chi connectivity index (χ0n) is 9.00. The molecular formula is C13H16N2. The summed E-state index contributed by atoms with van der Waals surface area (Å²) in [4.78, 5) is 0. The molecule has 1 saturated carbocycles. The highest BCUT2D eigenvalue weighted by molar-refractivity contribution is 5.16. The van der Waals surface area contributed by atoms with E-state index in [1.54, 1.807) is 0 Å². The van der Waals surface area contributed by atoms with E-state index in [9.17, 15) is 0 Å². The Bertz CT molecular complexity index is 324. The number of hydrogen-bond acceptors (Lipinski definition) is 2. The fourth-order valence-electron chi connectivity index (χ4n) is 3.55. The van der Waals surface area contributed by atoms with Gasteiger partial charge in [0.15, 0.2) is 0 Å².